The maximum Gasteiger partial charge on any atom is 0.187 e. The smallest absolute Gasteiger partial charge is 0.187 e. The number of hydrogen-bond acceptors (Lipinski definition) is 4. The van der Waals surface area contributed by atoms with Crippen molar-refractivity contribution >= 4 is 5.69 Å². The molecule has 0 aliphatic carbocycles. The second-order valence-corrected chi connectivity index (χ2v) is 4.56. The van der Waals surface area contributed by atoms with Crippen molar-refractivity contribution in [2.24, 2.45) is 0 Å². The predicted molar refractivity (Wildman–Crippen MR) is 73.7 cm³/mol. The molecule has 0 fully saturated rings. The Morgan fingerprint density at radius 3 is 2.48 bits per heavy atom. The first kappa shape index (κ1) is 13.2. The fourth-order valence-corrected chi connectivity index (χ4v) is 1.95. The van der Waals surface area contributed by atoms with Gasteiger partial charge in [0.05, 0.1) is 5.69 Å². The van der Waals surface area contributed by atoms with Gasteiger partial charge in [-0.3, -0.25) is 0 Å². The normalized spacial score (nSPS) is 10.8. The lowest BCUT2D eigenvalue weighted by Crippen LogP contribution is -2.01. The Bertz CT molecular complexity index is 772. The van der Waals surface area contributed by atoms with Crippen LogP contribution in [-0.4, -0.2) is 20.2 Å². The molecule has 7 heteroatoms. The monoisotopic (exact) mass is 287 g/mol. The van der Waals surface area contributed by atoms with Crippen LogP contribution in [0.25, 0.3) is 17.1 Å². The first-order valence-corrected chi connectivity index (χ1v) is 6.16. The average Bonchev–Trinajstić information content (AvgIpc) is 2.94. The van der Waals surface area contributed by atoms with Crippen LogP contribution in [0, 0.1) is 18.6 Å². The van der Waals surface area contributed by atoms with Gasteiger partial charge in [-0.1, -0.05) is 0 Å². The quantitative estimate of drug-likeness (QED) is 0.735. The molecule has 5 nitrogen and oxygen atoms in total. The van der Waals surface area contributed by atoms with Crippen LogP contribution in [0.2, 0.25) is 0 Å². The first-order valence-electron chi connectivity index (χ1n) is 6.16. The second kappa shape index (κ2) is 4.93. The minimum absolute atomic E-state index is 0.318. The number of rotatable bonds is 2. The molecular weight excluding hydrogens is 276 g/mol. The molecule has 0 bridgehead atoms. The molecular formula is C14H11F2N5. The van der Waals surface area contributed by atoms with Crippen LogP contribution in [0.15, 0.2) is 36.4 Å². The maximum atomic E-state index is 13.8. The minimum Gasteiger partial charge on any atom is -0.398 e. The fraction of sp³-hybridized carbons (Fsp3) is 0.0714. The number of benzene rings is 2. The molecule has 0 radical (unpaired) electrons. The number of hydrogen-bond donors (Lipinski definition) is 1. The molecule has 0 aliphatic heterocycles. The Morgan fingerprint density at radius 2 is 1.81 bits per heavy atom. The van der Waals surface area contributed by atoms with Gasteiger partial charge in [0.15, 0.2) is 5.82 Å². The van der Waals surface area contributed by atoms with Gasteiger partial charge in [-0.15, -0.1) is 5.10 Å². The van der Waals surface area contributed by atoms with Crippen LogP contribution < -0.4 is 5.73 Å². The number of nitrogens with two attached hydrogens (primary N) is 1. The van der Waals surface area contributed by atoms with E-state index in [0.29, 0.717) is 28.3 Å². The van der Waals surface area contributed by atoms with Crippen LogP contribution in [0.1, 0.15) is 5.56 Å². The van der Waals surface area contributed by atoms with Gasteiger partial charge in [0.1, 0.15) is 11.6 Å². The highest BCUT2D eigenvalue weighted by Gasteiger charge is 2.14. The Balaban J connectivity index is 2.13. The van der Waals surface area contributed by atoms with Crippen molar-refractivity contribution in [3.63, 3.8) is 0 Å². The van der Waals surface area contributed by atoms with Gasteiger partial charge in [-0.05, 0) is 53.7 Å². The summed E-state index contributed by atoms with van der Waals surface area (Å²) in [5.74, 6) is -0.468. The van der Waals surface area contributed by atoms with E-state index in [4.69, 9.17) is 5.73 Å². The minimum atomic E-state index is -0.432. The van der Waals surface area contributed by atoms with E-state index in [-0.39, 0.29) is 5.82 Å². The molecule has 1 heterocycles. The number of aromatic nitrogens is 4. The van der Waals surface area contributed by atoms with Crippen LogP contribution in [-0.2, 0) is 0 Å². The van der Waals surface area contributed by atoms with E-state index in [0.717, 1.165) is 0 Å². The van der Waals surface area contributed by atoms with E-state index >= 15 is 0 Å². The van der Waals surface area contributed by atoms with Gasteiger partial charge < -0.3 is 5.73 Å². The number of halogens is 2. The molecule has 0 amide bonds. The van der Waals surface area contributed by atoms with Crippen molar-refractivity contribution < 1.29 is 8.78 Å². The lowest BCUT2D eigenvalue weighted by Gasteiger charge is -2.07. The molecule has 0 aliphatic rings. The lowest BCUT2D eigenvalue weighted by molar-refractivity contribution is 0.619. The molecule has 0 saturated carbocycles. The Morgan fingerprint density at radius 1 is 1.10 bits per heavy atom. The third kappa shape index (κ3) is 2.33. The predicted octanol–water partition coefficient (Wildman–Crippen LogP) is 2.50. The van der Waals surface area contributed by atoms with E-state index in [1.165, 1.54) is 35.0 Å². The molecule has 2 N–H and O–H groups in total. The molecule has 0 atom stereocenters. The van der Waals surface area contributed by atoms with Crippen molar-refractivity contribution in [2.45, 2.75) is 6.92 Å². The standard InChI is InChI=1S/C14H11F2N5/c1-8-12(16)6-9(7-13(8)17)14-18-19-20-21(14)11-4-2-10(15)3-5-11/h2-7H,17H2,1H3. The van der Waals surface area contributed by atoms with Crippen LogP contribution >= 0.6 is 0 Å². The summed E-state index contributed by atoms with van der Waals surface area (Å²) in [5.41, 5.74) is 7.48. The highest BCUT2D eigenvalue weighted by Crippen LogP contribution is 2.25. The summed E-state index contributed by atoms with van der Waals surface area (Å²) < 4.78 is 28.2. The third-order valence-corrected chi connectivity index (χ3v) is 3.18. The van der Waals surface area contributed by atoms with E-state index in [2.05, 4.69) is 15.5 Å². The maximum absolute atomic E-state index is 13.8. The third-order valence-electron chi connectivity index (χ3n) is 3.18. The SMILES string of the molecule is Cc1c(N)cc(-c2nnnn2-c2ccc(F)cc2)cc1F. The Kier molecular flexibility index (Phi) is 3.09. The number of anilines is 1. The summed E-state index contributed by atoms with van der Waals surface area (Å²) in [4.78, 5) is 0. The van der Waals surface area contributed by atoms with Crippen molar-refractivity contribution in [3.05, 3.63) is 53.6 Å². The summed E-state index contributed by atoms with van der Waals surface area (Å²) in [5, 5.41) is 11.3. The van der Waals surface area contributed by atoms with Crippen molar-refractivity contribution in [3.8, 4) is 17.1 Å². The molecule has 0 spiro atoms. The summed E-state index contributed by atoms with van der Waals surface area (Å²) in [7, 11) is 0. The van der Waals surface area contributed by atoms with Crippen LogP contribution in [0.3, 0.4) is 0 Å². The van der Waals surface area contributed by atoms with E-state index in [1.54, 1.807) is 13.0 Å². The molecule has 0 saturated heterocycles. The van der Waals surface area contributed by atoms with Gasteiger partial charge in [0.25, 0.3) is 0 Å². The summed E-state index contributed by atoms with van der Waals surface area (Å²) >= 11 is 0. The van der Waals surface area contributed by atoms with Gasteiger partial charge in [-0.25, -0.2) is 8.78 Å². The summed E-state index contributed by atoms with van der Waals surface area (Å²) in [6, 6.07) is 8.57. The largest absolute Gasteiger partial charge is 0.398 e. The van der Waals surface area contributed by atoms with Gasteiger partial charge in [-0.2, -0.15) is 4.68 Å². The molecule has 21 heavy (non-hydrogen) atoms. The zero-order valence-electron chi connectivity index (χ0n) is 11.1. The fourth-order valence-electron chi connectivity index (χ4n) is 1.95. The van der Waals surface area contributed by atoms with E-state index in [1.807, 2.05) is 0 Å². The first-order chi connectivity index (χ1) is 10.1. The van der Waals surface area contributed by atoms with Crippen LogP contribution in [0.5, 0.6) is 0 Å². The molecule has 106 valence electrons. The Hall–Kier alpha value is -2.83. The lowest BCUT2D eigenvalue weighted by atomic mass is 10.1. The van der Waals surface area contributed by atoms with Crippen LogP contribution in [0.4, 0.5) is 14.5 Å². The second-order valence-electron chi connectivity index (χ2n) is 4.56. The van der Waals surface area contributed by atoms with Crippen molar-refractivity contribution in [1.29, 1.82) is 0 Å². The topological polar surface area (TPSA) is 69.6 Å². The summed E-state index contributed by atoms with van der Waals surface area (Å²) in [6.45, 7) is 1.59. The highest BCUT2D eigenvalue weighted by atomic mass is 19.1. The molecule has 3 rings (SSSR count). The average molecular weight is 287 g/mol. The zero-order chi connectivity index (χ0) is 15.0. The number of nitrogens with zero attached hydrogens (tertiary/aromatic N) is 4. The number of tetrazole rings is 1. The number of nitrogen functional groups attached to an aromatic ring is 1. The van der Waals surface area contributed by atoms with Crippen molar-refractivity contribution in [2.75, 3.05) is 5.73 Å². The van der Waals surface area contributed by atoms with E-state index < -0.39 is 5.82 Å². The molecule has 3 aromatic rings. The summed E-state index contributed by atoms with van der Waals surface area (Å²) in [6.07, 6.45) is 0. The molecule has 0 unspecified atom stereocenters. The highest BCUT2D eigenvalue weighted by molar-refractivity contribution is 5.65. The van der Waals surface area contributed by atoms with E-state index in [9.17, 15) is 8.78 Å². The van der Waals surface area contributed by atoms with Gasteiger partial charge in [0, 0.05) is 16.8 Å². The van der Waals surface area contributed by atoms with Crippen molar-refractivity contribution in [1.82, 2.24) is 20.2 Å². The van der Waals surface area contributed by atoms with Gasteiger partial charge in [0.2, 0.25) is 0 Å². The Labute approximate surface area is 119 Å². The van der Waals surface area contributed by atoms with Gasteiger partial charge >= 0.3 is 0 Å². The zero-order valence-corrected chi connectivity index (χ0v) is 11.1. The molecule has 2 aromatic carbocycles. The molecule has 1 aromatic heterocycles.